The van der Waals surface area contributed by atoms with Gasteiger partial charge in [-0.1, -0.05) is 20.3 Å². The summed E-state index contributed by atoms with van der Waals surface area (Å²) in [6.07, 6.45) is 4.34. The zero-order chi connectivity index (χ0) is 23.8. The third kappa shape index (κ3) is 5.36. The third-order valence-corrected chi connectivity index (χ3v) is 5.18. The van der Waals surface area contributed by atoms with Crippen LogP contribution in [0.3, 0.4) is 0 Å². The molecule has 0 atom stereocenters. The fourth-order valence-corrected chi connectivity index (χ4v) is 2.97. The zero-order valence-electron chi connectivity index (χ0n) is 20.5. The van der Waals surface area contributed by atoms with Crippen LogP contribution in [-0.4, -0.2) is 39.4 Å². The summed E-state index contributed by atoms with van der Waals surface area (Å²) in [5, 5.41) is 0.318. The van der Waals surface area contributed by atoms with Gasteiger partial charge in [-0.25, -0.2) is 9.78 Å². The molecular weight excluding hydrogens is 395 g/mol. The van der Waals surface area contributed by atoms with E-state index in [0.717, 1.165) is 0 Å². The molecule has 3 heterocycles. The topological polar surface area (TPSA) is 79.7 Å². The van der Waals surface area contributed by atoms with Crippen LogP contribution in [0.25, 0.3) is 11.0 Å². The number of hydrogen-bond donors (Lipinski definition) is 0. The summed E-state index contributed by atoms with van der Waals surface area (Å²) in [5.74, 6) is -0.656. The predicted octanol–water partition coefficient (Wildman–Crippen LogP) is 3.60. The number of nitrogens with zero attached hydrogens (tertiary/aromatic N) is 2. The van der Waals surface area contributed by atoms with Gasteiger partial charge >= 0.3 is 13.1 Å². The van der Waals surface area contributed by atoms with Crippen molar-refractivity contribution in [3.63, 3.8) is 0 Å². The van der Waals surface area contributed by atoms with Gasteiger partial charge in [-0.3, -0.25) is 4.79 Å². The van der Waals surface area contributed by atoms with Crippen molar-refractivity contribution >= 4 is 29.6 Å². The highest BCUT2D eigenvalue weighted by Crippen LogP contribution is 2.36. The summed E-state index contributed by atoms with van der Waals surface area (Å²) in [6, 6.07) is 1.68. The molecule has 0 radical (unpaired) electrons. The molecule has 170 valence electrons. The van der Waals surface area contributed by atoms with Gasteiger partial charge in [0.15, 0.2) is 0 Å². The maximum absolute atomic E-state index is 13.0. The number of fused-ring (bicyclic) bond motifs is 1. The van der Waals surface area contributed by atoms with Crippen LogP contribution in [-0.2, 0) is 21.1 Å². The quantitative estimate of drug-likeness (QED) is 0.535. The van der Waals surface area contributed by atoms with Crippen molar-refractivity contribution in [3.8, 4) is 0 Å². The molecule has 0 bridgehead atoms. The molecule has 2 aromatic heterocycles. The van der Waals surface area contributed by atoms with Crippen molar-refractivity contribution in [2.24, 2.45) is 7.05 Å². The lowest BCUT2D eigenvalue weighted by molar-refractivity contribution is 0.00578. The molecule has 1 fully saturated rings. The van der Waals surface area contributed by atoms with E-state index in [1.54, 1.807) is 44.6 Å². The number of carbonyl (C=O) groups excluding carboxylic acids is 1. The number of pyridine rings is 2. The van der Waals surface area contributed by atoms with Crippen LogP contribution >= 0.6 is 0 Å². The highest BCUT2D eigenvalue weighted by atomic mass is 16.7. The lowest BCUT2D eigenvalue weighted by Crippen LogP contribution is -2.41. The van der Waals surface area contributed by atoms with Gasteiger partial charge in [-0.05, 0) is 54.5 Å². The van der Waals surface area contributed by atoms with Crippen molar-refractivity contribution < 1.29 is 18.8 Å². The Labute approximate surface area is 185 Å². The van der Waals surface area contributed by atoms with E-state index in [2.05, 4.69) is 18.8 Å². The molecule has 31 heavy (non-hydrogen) atoms. The van der Waals surface area contributed by atoms with Crippen LogP contribution in [0.5, 0.6) is 0 Å². The van der Waals surface area contributed by atoms with E-state index in [-0.39, 0.29) is 5.56 Å². The van der Waals surface area contributed by atoms with Gasteiger partial charge in [0.25, 0.3) is 0 Å². The molecule has 0 aliphatic carbocycles. The van der Waals surface area contributed by atoms with Crippen LogP contribution in [0.15, 0.2) is 23.3 Å². The molecule has 1 aliphatic rings. The number of aromatic nitrogens is 2. The Hall–Kier alpha value is -2.19. The molecule has 0 amide bonds. The summed E-state index contributed by atoms with van der Waals surface area (Å²) in [6.45, 7) is 17.4. The lowest BCUT2D eigenvalue weighted by atomic mass is 9.80. The monoisotopic (exact) mass is 430 g/mol. The van der Waals surface area contributed by atoms with Gasteiger partial charge in [0.1, 0.15) is 16.8 Å². The molecular formula is C23H35BN2O5. The van der Waals surface area contributed by atoms with Crippen molar-refractivity contribution in [1.29, 1.82) is 0 Å². The predicted molar refractivity (Wildman–Crippen MR) is 124 cm³/mol. The van der Waals surface area contributed by atoms with Crippen molar-refractivity contribution in [2.75, 3.05) is 0 Å². The van der Waals surface area contributed by atoms with E-state index >= 15 is 0 Å². The highest BCUT2D eigenvalue weighted by molar-refractivity contribution is 6.62. The first-order valence-corrected chi connectivity index (χ1v) is 10.7. The minimum absolute atomic E-state index is 0.0298. The number of hydrogen-bond acceptors (Lipinski definition) is 6. The summed E-state index contributed by atoms with van der Waals surface area (Å²) < 4.78 is 19.1. The van der Waals surface area contributed by atoms with E-state index in [4.69, 9.17) is 14.0 Å². The number of esters is 1. The third-order valence-electron chi connectivity index (χ3n) is 5.18. The van der Waals surface area contributed by atoms with Gasteiger partial charge in [0.05, 0.1) is 16.6 Å². The van der Waals surface area contributed by atoms with Crippen LogP contribution in [0, 0.1) is 0 Å². The molecule has 3 rings (SSSR count). The zero-order valence-corrected chi connectivity index (χ0v) is 20.5. The largest absolute Gasteiger partial charge is 0.496 e. The summed E-state index contributed by atoms with van der Waals surface area (Å²) in [5.41, 5.74) is -1.06. The van der Waals surface area contributed by atoms with Gasteiger partial charge in [0, 0.05) is 24.9 Å². The first kappa shape index (κ1) is 25.1. The Balaban J connectivity index is 0.00000107. The van der Waals surface area contributed by atoms with Crippen LogP contribution in [0.1, 0.15) is 79.1 Å². The van der Waals surface area contributed by atoms with E-state index in [9.17, 15) is 9.59 Å². The molecule has 0 spiro atoms. The Bertz CT molecular complexity index is 1010. The molecule has 8 heteroatoms. The molecule has 0 aromatic carbocycles. The SMILES string of the molecule is CCC.Cn1cc(C(=O)OC(C)(C)C)c(=O)c2cc(B3OC(C)(C)C(C)(C)O3)cnc21. The fourth-order valence-electron chi connectivity index (χ4n) is 2.97. The fraction of sp³-hybridized carbons (Fsp3) is 0.609. The lowest BCUT2D eigenvalue weighted by Gasteiger charge is -2.32. The van der Waals surface area contributed by atoms with Gasteiger partial charge in [-0.2, -0.15) is 0 Å². The van der Waals surface area contributed by atoms with Gasteiger partial charge in [-0.15, -0.1) is 0 Å². The molecule has 7 nitrogen and oxygen atoms in total. The first-order valence-electron chi connectivity index (χ1n) is 10.7. The molecule has 0 N–H and O–H groups in total. The highest BCUT2D eigenvalue weighted by Gasteiger charge is 2.51. The normalized spacial score (nSPS) is 17.3. The Kier molecular flexibility index (Phi) is 7.08. The Morgan fingerprint density at radius 1 is 1.16 bits per heavy atom. The second-order valence-electron chi connectivity index (χ2n) is 9.92. The average molecular weight is 430 g/mol. The summed E-state index contributed by atoms with van der Waals surface area (Å²) in [7, 11) is 1.09. The molecule has 0 saturated carbocycles. The summed E-state index contributed by atoms with van der Waals surface area (Å²) >= 11 is 0. The van der Waals surface area contributed by atoms with Crippen molar-refractivity contribution in [2.45, 2.75) is 85.5 Å². The number of carbonyl (C=O) groups is 1. The number of aryl methyl sites for hydroxylation is 1. The van der Waals surface area contributed by atoms with E-state index < -0.39 is 35.3 Å². The Morgan fingerprint density at radius 2 is 1.68 bits per heavy atom. The van der Waals surface area contributed by atoms with Gasteiger partial charge in [0.2, 0.25) is 5.43 Å². The van der Waals surface area contributed by atoms with Crippen LogP contribution in [0.4, 0.5) is 0 Å². The molecule has 2 aromatic rings. The minimum atomic E-state index is -0.695. The molecule has 1 saturated heterocycles. The summed E-state index contributed by atoms with van der Waals surface area (Å²) in [4.78, 5) is 29.9. The maximum atomic E-state index is 13.0. The second kappa shape index (κ2) is 8.75. The molecule has 0 unspecified atom stereocenters. The van der Waals surface area contributed by atoms with E-state index in [1.165, 1.54) is 12.6 Å². The van der Waals surface area contributed by atoms with E-state index in [0.29, 0.717) is 16.5 Å². The molecule has 1 aliphatic heterocycles. The number of rotatable bonds is 2. The van der Waals surface area contributed by atoms with E-state index in [1.807, 2.05) is 27.7 Å². The first-order chi connectivity index (χ1) is 14.1. The standard InChI is InChI=1S/C20H27BN2O5.C3H8/c1-18(2,3)26-17(25)14-11-23(8)16-13(15(14)24)9-12(10-22-16)21-27-19(4,5)20(6,7)28-21;1-3-2/h9-11H,1-8H3;3H2,1-2H3. The van der Waals surface area contributed by atoms with Gasteiger partial charge < -0.3 is 18.6 Å². The Morgan fingerprint density at radius 3 is 2.16 bits per heavy atom. The second-order valence-corrected chi connectivity index (χ2v) is 9.92. The maximum Gasteiger partial charge on any atom is 0.496 e. The smallest absolute Gasteiger partial charge is 0.456 e. The minimum Gasteiger partial charge on any atom is -0.456 e. The average Bonchev–Trinajstić information content (AvgIpc) is 2.84. The van der Waals surface area contributed by atoms with Crippen LogP contribution < -0.4 is 10.9 Å². The van der Waals surface area contributed by atoms with Crippen LogP contribution in [0.2, 0.25) is 0 Å². The van der Waals surface area contributed by atoms with Crippen molar-refractivity contribution in [3.05, 3.63) is 34.2 Å². The van der Waals surface area contributed by atoms with Crippen molar-refractivity contribution in [1.82, 2.24) is 9.55 Å². The number of ether oxygens (including phenoxy) is 1.